The molecule has 190 valence electrons. The van der Waals surface area contributed by atoms with Crippen molar-refractivity contribution in [3.63, 3.8) is 0 Å². The maximum Gasteiger partial charge on any atom is 0.168 e. The maximum absolute atomic E-state index is 15.0. The number of halogens is 3. The van der Waals surface area contributed by atoms with Crippen molar-refractivity contribution in [3.05, 3.63) is 95.8 Å². The van der Waals surface area contributed by atoms with Gasteiger partial charge in [-0.2, -0.15) is 0 Å². The number of rotatable bonds is 9. The van der Waals surface area contributed by atoms with Gasteiger partial charge >= 0.3 is 0 Å². The van der Waals surface area contributed by atoms with Crippen molar-refractivity contribution in [3.8, 4) is 22.6 Å². The van der Waals surface area contributed by atoms with Gasteiger partial charge in [0.25, 0.3) is 0 Å². The summed E-state index contributed by atoms with van der Waals surface area (Å²) >= 11 is 0. The Hall–Kier alpha value is -3.25. The molecule has 0 bridgehead atoms. The molecule has 1 aliphatic carbocycles. The Morgan fingerprint density at radius 3 is 2.31 bits per heavy atom. The summed E-state index contributed by atoms with van der Waals surface area (Å²) in [7, 11) is 0. The van der Waals surface area contributed by atoms with Crippen molar-refractivity contribution >= 4 is 0 Å². The molecule has 0 aliphatic heterocycles. The molecule has 1 N–H and O–H groups in total. The minimum atomic E-state index is -0.844. The standard InChI is InChI=1S/C30H31F3O3/c1-3-16-35-28-15-12-24(17-27(28)31)36-18-20-4-6-22(7-5-20)25-13-14-26(30(33)29(25)32)23-10-8-21(9-11-23)19(2)34/h3-7,12-15,17,19,21,23,34H,1,8-11,16,18H2,2H3. The monoisotopic (exact) mass is 496 g/mol. The fourth-order valence-electron chi connectivity index (χ4n) is 4.80. The van der Waals surface area contributed by atoms with Crippen LogP contribution >= 0.6 is 0 Å². The maximum atomic E-state index is 15.0. The number of aliphatic hydroxyl groups excluding tert-OH is 1. The van der Waals surface area contributed by atoms with Crippen LogP contribution in [0.3, 0.4) is 0 Å². The average Bonchev–Trinajstić information content (AvgIpc) is 2.89. The molecule has 0 amide bonds. The highest BCUT2D eigenvalue weighted by molar-refractivity contribution is 5.65. The first-order valence-corrected chi connectivity index (χ1v) is 12.3. The van der Waals surface area contributed by atoms with E-state index in [9.17, 15) is 9.50 Å². The third kappa shape index (κ3) is 5.93. The lowest BCUT2D eigenvalue weighted by atomic mass is 9.76. The second-order valence-corrected chi connectivity index (χ2v) is 9.36. The van der Waals surface area contributed by atoms with E-state index in [-0.39, 0.29) is 42.5 Å². The Labute approximate surface area is 210 Å². The predicted octanol–water partition coefficient (Wildman–Crippen LogP) is 7.57. The fourth-order valence-corrected chi connectivity index (χ4v) is 4.80. The van der Waals surface area contributed by atoms with Crippen molar-refractivity contribution < 1.29 is 27.8 Å². The Morgan fingerprint density at radius 1 is 0.944 bits per heavy atom. The smallest absolute Gasteiger partial charge is 0.168 e. The Kier molecular flexibility index (Phi) is 8.36. The van der Waals surface area contributed by atoms with Crippen molar-refractivity contribution in [1.29, 1.82) is 0 Å². The summed E-state index contributed by atoms with van der Waals surface area (Å²) in [5.74, 6) is -1.48. The van der Waals surface area contributed by atoms with Gasteiger partial charge in [-0.05, 0) is 73.3 Å². The van der Waals surface area contributed by atoms with Gasteiger partial charge in [0.05, 0.1) is 6.10 Å². The molecular weight excluding hydrogens is 465 g/mol. The lowest BCUT2D eigenvalue weighted by molar-refractivity contribution is 0.0964. The number of ether oxygens (including phenoxy) is 2. The van der Waals surface area contributed by atoms with E-state index in [1.807, 2.05) is 0 Å². The van der Waals surface area contributed by atoms with E-state index in [1.165, 1.54) is 18.2 Å². The van der Waals surface area contributed by atoms with Crippen LogP contribution in [0.1, 0.15) is 49.7 Å². The zero-order valence-corrected chi connectivity index (χ0v) is 20.4. The molecule has 1 aliphatic rings. The van der Waals surface area contributed by atoms with Crippen molar-refractivity contribution in [2.45, 2.75) is 51.2 Å². The summed E-state index contributed by atoms with van der Waals surface area (Å²) in [4.78, 5) is 0. The topological polar surface area (TPSA) is 38.7 Å². The highest BCUT2D eigenvalue weighted by Crippen LogP contribution is 2.39. The third-order valence-electron chi connectivity index (χ3n) is 6.94. The van der Waals surface area contributed by atoms with Crippen LogP contribution in [-0.4, -0.2) is 17.8 Å². The molecule has 1 atom stereocenters. The highest BCUT2D eigenvalue weighted by atomic mass is 19.2. The molecular formula is C30H31F3O3. The van der Waals surface area contributed by atoms with Gasteiger partial charge in [-0.15, -0.1) is 0 Å². The van der Waals surface area contributed by atoms with Gasteiger partial charge in [-0.25, -0.2) is 13.2 Å². The quantitative estimate of drug-likeness (QED) is 0.311. The van der Waals surface area contributed by atoms with Crippen LogP contribution in [0.2, 0.25) is 0 Å². The van der Waals surface area contributed by atoms with Crippen LogP contribution in [0.5, 0.6) is 11.5 Å². The average molecular weight is 497 g/mol. The van der Waals surface area contributed by atoms with Gasteiger partial charge in [0.15, 0.2) is 23.2 Å². The summed E-state index contributed by atoms with van der Waals surface area (Å²) in [5, 5.41) is 9.79. The molecule has 0 heterocycles. The Morgan fingerprint density at radius 2 is 1.67 bits per heavy atom. The first-order chi connectivity index (χ1) is 17.4. The Balaban J connectivity index is 1.40. The summed E-state index contributed by atoms with van der Waals surface area (Å²) in [6, 6.07) is 14.7. The SMILES string of the molecule is C=CCOc1ccc(OCc2ccc(-c3ccc(C4CCC(C(C)O)CC4)c(F)c3F)cc2)cc1F. The molecule has 3 aromatic rings. The zero-order chi connectivity index (χ0) is 25.7. The number of hydrogen-bond donors (Lipinski definition) is 1. The van der Waals surface area contributed by atoms with E-state index < -0.39 is 17.5 Å². The van der Waals surface area contributed by atoms with E-state index in [0.717, 1.165) is 31.2 Å². The van der Waals surface area contributed by atoms with Crippen molar-refractivity contribution in [1.82, 2.24) is 0 Å². The van der Waals surface area contributed by atoms with Gasteiger partial charge in [0.2, 0.25) is 0 Å². The van der Waals surface area contributed by atoms with Crippen LogP contribution in [0.25, 0.3) is 11.1 Å². The van der Waals surface area contributed by atoms with Gasteiger partial charge in [0.1, 0.15) is 19.0 Å². The number of benzene rings is 3. The molecule has 0 saturated heterocycles. The second-order valence-electron chi connectivity index (χ2n) is 9.36. The molecule has 0 radical (unpaired) electrons. The van der Waals surface area contributed by atoms with E-state index >= 15 is 8.78 Å². The minimum absolute atomic E-state index is 0.0319. The zero-order valence-electron chi connectivity index (χ0n) is 20.4. The van der Waals surface area contributed by atoms with Gasteiger partial charge in [-0.3, -0.25) is 0 Å². The summed E-state index contributed by atoms with van der Waals surface area (Å²) in [6.07, 6.45) is 4.28. The van der Waals surface area contributed by atoms with E-state index in [1.54, 1.807) is 49.4 Å². The van der Waals surface area contributed by atoms with Gasteiger partial charge < -0.3 is 14.6 Å². The third-order valence-corrected chi connectivity index (χ3v) is 6.94. The molecule has 1 unspecified atom stereocenters. The number of aliphatic hydroxyl groups is 1. The minimum Gasteiger partial charge on any atom is -0.489 e. The molecule has 1 fully saturated rings. The molecule has 3 aromatic carbocycles. The molecule has 3 nitrogen and oxygen atoms in total. The van der Waals surface area contributed by atoms with E-state index in [2.05, 4.69) is 6.58 Å². The van der Waals surface area contributed by atoms with Crippen molar-refractivity contribution in [2.24, 2.45) is 5.92 Å². The van der Waals surface area contributed by atoms with Crippen LogP contribution in [0, 0.1) is 23.4 Å². The normalized spacial score (nSPS) is 18.5. The first kappa shape index (κ1) is 25.8. The van der Waals surface area contributed by atoms with Gasteiger partial charge in [0, 0.05) is 11.6 Å². The second kappa shape index (κ2) is 11.7. The highest BCUT2D eigenvalue weighted by Gasteiger charge is 2.28. The fraction of sp³-hybridized carbons (Fsp3) is 0.333. The van der Waals surface area contributed by atoms with Crippen LogP contribution in [0.15, 0.2) is 67.3 Å². The Bertz CT molecular complexity index is 1180. The summed E-state index contributed by atoms with van der Waals surface area (Å²) in [6.45, 7) is 5.72. The van der Waals surface area contributed by atoms with Crippen LogP contribution in [0.4, 0.5) is 13.2 Å². The summed E-state index contributed by atoms with van der Waals surface area (Å²) < 4.78 is 55.0. The molecule has 1 saturated carbocycles. The van der Waals surface area contributed by atoms with Gasteiger partial charge in [-0.1, -0.05) is 49.1 Å². The largest absolute Gasteiger partial charge is 0.489 e. The van der Waals surface area contributed by atoms with E-state index in [4.69, 9.17) is 9.47 Å². The molecule has 36 heavy (non-hydrogen) atoms. The molecule has 6 heteroatoms. The predicted molar refractivity (Wildman–Crippen MR) is 135 cm³/mol. The van der Waals surface area contributed by atoms with Crippen molar-refractivity contribution in [2.75, 3.05) is 6.61 Å². The van der Waals surface area contributed by atoms with Crippen LogP contribution in [-0.2, 0) is 6.61 Å². The van der Waals surface area contributed by atoms with E-state index in [0.29, 0.717) is 16.9 Å². The number of hydrogen-bond acceptors (Lipinski definition) is 3. The molecule has 0 spiro atoms. The van der Waals surface area contributed by atoms with Crippen LogP contribution < -0.4 is 9.47 Å². The lowest BCUT2D eigenvalue weighted by Crippen LogP contribution is -2.23. The molecule has 4 rings (SSSR count). The lowest BCUT2D eigenvalue weighted by Gasteiger charge is -2.30. The molecule has 0 aromatic heterocycles. The summed E-state index contributed by atoms with van der Waals surface area (Å²) in [5.41, 5.74) is 1.99. The first-order valence-electron chi connectivity index (χ1n) is 12.3.